The predicted octanol–water partition coefficient (Wildman–Crippen LogP) is 1.21. The molecule has 4 nitrogen and oxygen atoms in total. The average molecular weight is 242 g/mol. The van der Waals surface area contributed by atoms with Crippen molar-refractivity contribution in [2.45, 2.75) is 51.5 Å². The van der Waals surface area contributed by atoms with Crippen LogP contribution in [0.15, 0.2) is 0 Å². The molecule has 4 heteroatoms. The summed E-state index contributed by atoms with van der Waals surface area (Å²) in [4.78, 5) is 2.53. The number of nitrogens with one attached hydrogen (secondary N) is 1. The SMILES string of the molecule is C[C@H]1CNC[C@H](C)N1CCOC1CCCCO1. The van der Waals surface area contributed by atoms with E-state index in [4.69, 9.17) is 9.47 Å². The third-order valence-corrected chi connectivity index (χ3v) is 3.80. The molecule has 1 unspecified atom stereocenters. The second kappa shape index (κ2) is 6.69. The van der Waals surface area contributed by atoms with E-state index in [0.29, 0.717) is 12.1 Å². The Morgan fingerprint density at radius 3 is 2.65 bits per heavy atom. The van der Waals surface area contributed by atoms with Gasteiger partial charge in [-0.25, -0.2) is 0 Å². The fourth-order valence-corrected chi connectivity index (χ4v) is 2.74. The fraction of sp³-hybridized carbons (Fsp3) is 1.00. The molecule has 0 bridgehead atoms. The summed E-state index contributed by atoms with van der Waals surface area (Å²) in [6, 6.07) is 1.21. The van der Waals surface area contributed by atoms with Crippen LogP contribution in [0.5, 0.6) is 0 Å². The van der Waals surface area contributed by atoms with Crippen molar-refractivity contribution < 1.29 is 9.47 Å². The van der Waals surface area contributed by atoms with E-state index in [9.17, 15) is 0 Å². The standard InChI is InChI=1S/C13H26N2O2/c1-11-9-14-10-12(2)15(11)6-8-17-13-5-3-4-7-16-13/h11-14H,3-10H2,1-2H3/t11-,12-,13?/m0/s1. The van der Waals surface area contributed by atoms with Crippen LogP contribution < -0.4 is 5.32 Å². The molecular formula is C13H26N2O2. The number of nitrogens with zero attached hydrogens (tertiary/aromatic N) is 1. The fourth-order valence-electron chi connectivity index (χ4n) is 2.74. The summed E-state index contributed by atoms with van der Waals surface area (Å²) in [5, 5.41) is 3.45. The van der Waals surface area contributed by atoms with E-state index in [1.807, 2.05) is 0 Å². The average Bonchev–Trinajstić information content (AvgIpc) is 2.34. The third kappa shape index (κ3) is 3.91. The zero-order chi connectivity index (χ0) is 12.1. The van der Waals surface area contributed by atoms with Gasteiger partial charge in [0.05, 0.1) is 6.61 Å². The van der Waals surface area contributed by atoms with Crippen LogP contribution in [0.1, 0.15) is 33.1 Å². The van der Waals surface area contributed by atoms with Crippen LogP contribution in [-0.4, -0.2) is 56.1 Å². The van der Waals surface area contributed by atoms with Gasteiger partial charge in [0.2, 0.25) is 0 Å². The van der Waals surface area contributed by atoms with Gasteiger partial charge >= 0.3 is 0 Å². The van der Waals surface area contributed by atoms with Gasteiger partial charge in [-0.05, 0) is 33.1 Å². The van der Waals surface area contributed by atoms with E-state index in [1.165, 1.54) is 12.8 Å². The Kier molecular flexibility index (Phi) is 5.22. The highest BCUT2D eigenvalue weighted by atomic mass is 16.7. The van der Waals surface area contributed by atoms with Gasteiger partial charge in [-0.2, -0.15) is 0 Å². The zero-order valence-corrected chi connectivity index (χ0v) is 11.2. The Bertz CT molecular complexity index is 209. The molecule has 3 atom stereocenters. The highest BCUT2D eigenvalue weighted by molar-refractivity contribution is 4.82. The van der Waals surface area contributed by atoms with Crippen LogP contribution in [0.4, 0.5) is 0 Å². The maximum atomic E-state index is 5.80. The Morgan fingerprint density at radius 2 is 2.00 bits per heavy atom. The van der Waals surface area contributed by atoms with Crippen molar-refractivity contribution in [2.75, 3.05) is 32.8 Å². The van der Waals surface area contributed by atoms with Gasteiger partial charge in [0.1, 0.15) is 0 Å². The highest BCUT2D eigenvalue weighted by Gasteiger charge is 2.24. The molecule has 17 heavy (non-hydrogen) atoms. The molecule has 2 aliphatic rings. The van der Waals surface area contributed by atoms with Crippen molar-refractivity contribution in [1.29, 1.82) is 0 Å². The van der Waals surface area contributed by atoms with Crippen LogP contribution in [-0.2, 0) is 9.47 Å². The van der Waals surface area contributed by atoms with Gasteiger partial charge in [-0.3, -0.25) is 4.90 Å². The van der Waals surface area contributed by atoms with Gasteiger partial charge in [0.25, 0.3) is 0 Å². The van der Waals surface area contributed by atoms with Gasteiger partial charge < -0.3 is 14.8 Å². The molecule has 1 N–H and O–H groups in total. The van der Waals surface area contributed by atoms with Crippen molar-refractivity contribution in [2.24, 2.45) is 0 Å². The predicted molar refractivity (Wildman–Crippen MR) is 68.0 cm³/mol. The van der Waals surface area contributed by atoms with Crippen molar-refractivity contribution in [3.63, 3.8) is 0 Å². The van der Waals surface area contributed by atoms with E-state index in [1.54, 1.807) is 0 Å². The second-order valence-electron chi connectivity index (χ2n) is 5.26. The van der Waals surface area contributed by atoms with Crippen LogP contribution in [0.25, 0.3) is 0 Å². The number of piperazine rings is 1. The number of hydrogen-bond donors (Lipinski definition) is 1. The molecular weight excluding hydrogens is 216 g/mol. The summed E-state index contributed by atoms with van der Waals surface area (Å²) >= 11 is 0. The van der Waals surface area contributed by atoms with Crippen molar-refractivity contribution in [3.05, 3.63) is 0 Å². The lowest BCUT2D eigenvalue weighted by Gasteiger charge is -2.39. The summed E-state index contributed by atoms with van der Waals surface area (Å²) in [5.41, 5.74) is 0. The third-order valence-electron chi connectivity index (χ3n) is 3.80. The van der Waals surface area contributed by atoms with Crippen molar-refractivity contribution >= 4 is 0 Å². The van der Waals surface area contributed by atoms with Crippen molar-refractivity contribution in [3.8, 4) is 0 Å². The minimum Gasteiger partial charge on any atom is -0.353 e. The first kappa shape index (κ1) is 13.3. The molecule has 0 radical (unpaired) electrons. The van der Waals surface area contributed by atoms with Gasteiger partial charge in [0.15, 0.2) is 6.29 Å². The first-order valence-corrected chi connectivity index (χ1v) is 6.97. The summed E-state index contributed by atoms with van der Waals surface area (Å²) in [7, 11) is 0. The maximum absolute atomic E-state index is 5.80. The van der Waals surface area contributed by atoms with Gasteiger partial charge in [-0.15, -0.1) is 0 Å². The normalized spacial score (nSPS) is 36.0. The molecule has 2 rings (SSSR count). The van der Waals surface area contributed by atoms with Gasteiger partial charge in [0, 0.05) is 38.3 Å². The lowest BCUT2D eigenvalue weighted by molar-refractivity contribution is -0.165. The zero-order valence-electron chi connectivity index (χ0n) is 11.2. The smallest absolute Gasteiger partial charge is 0.157 e. The summed E-state index contributed by atoms with van der Waals surface area (Å²) in [6.45, 7) is 9.41. The van der Waals surface area contributed by atoms with Gasteiger partial charge in [-0.1, -0.05) is 0 Å². The largest absolute Gasteiger partial charge is 0.353 e. The lowest BCUT2D eigenvalue weighted by Crippen LogP contribution is -2.55. The molecule has 2 saturated heterocycles. The topological polar surface area (TPSA) is 33.7 Å². The molecule has 0 aromatic rings. The minimum atomic E-state index is 0.0530. The molecule has 0 amide bonds. The number of hydrogen-bond acceptors (Lipinski definition) is 4. The molecule has 2 aliphatic heterocycles. The van der Waals surface area contributed by atoms with Crippen LogP contribution in [0, 0.1) is 0 Å². The number of ether oxygens (including phenoxy) is 2. The van der Waals surface area contributed by atoms with E-state index >= 15 is 0 Å². The highest BCUT2D eigenvalue weighted by Crippen LogP contribution is 2.14. The molecule has 100 valence electrons. The second-order valence-corrected chi connectivity index (χ2v) is 5.26. The maximum Gasteiger partial charge on any atom is 0.157 e. The monoisotopic (exact) mass is 242 g/mol. The van der Waals surface area contributed by atoms with E-state index in [0.717, 1.165) is 39.3 Å². The molecule has 0 aromatic heterocycles. The first-order valence-electron chi connectivity index (χ1n) is 6.97. The Hall–Kier alpha value is -0.160. The van der Waals surface area contributed by atoms with Crippen molar-refractivity contribution in [1.82, 2.24) is 10.2 Å². The molecule has 2 fully saturated rings. The summed E-state index contributed by atoms with van der Waals surface area (Å²) in [5.74, 6) is 0. The molecule has 0 saturated carbocycles. The van der Waals surface area contributed by atoms with Crippen LogP contribution in [0.3, 0.4) is 0 Å². The summed E-state index contributed by atoms with van der Waals surface area (Å²) < 4.78 is 11.4. The lowest BCUT2D eigenvalue weighted by atomic mass is 10.1. The Morgan fingerprint density at radius 1 is 1.24 bits per heavy atom. The Labute approximate surface area is 105 Å². The molecule has 0 aliphatic carbocycles. The van der Waals surface area contributed by atoms with E-state index in [2.05, 4.69) is 24.1 Å². The van der Waals surface area contributed by atoms with E-state index in [-0.39, 0.29) is 6.29 Å². The molecule has 0 spiro atoms. The van der Waals surface area contributed by atoms with E-state index < -0.39 is 0 Å². The van der Waals surface area contributed by atoms with Crippen LogP contribution >= 0.6 is 0 Å². The van der Waals surface area contributed by atoms with Crippen LogP contribution in [0.2, 0.25) is 0 Å². The quantitative estimate of drug-likeness (QED) is 0.803. The molecule has 0 aromatic carbocycles. The minimum absolute atomic E-state index is 0.0530. The molecule has 2 heterocycles. The number of rotatable bonds is 4. The summed E-state index contributed by atoms with van der Waals surface area (Å²) in [6.07, 6.45) is 3.54. The first-order chi connectivity index (χ1) is 8.27. The Balaban J connectivity index is 1.66.